The Morgan fingerprint density at radius 1 is 1.26 bits per heavy atom. The summed E-state index contributed by atoms with van der Waals surface area (Å²) in [5.74, 6) is 1.35. The normalized spacial score (nSPS) is 14.3. The molecule has 1 aliphatic rings. The molecule has 0 atom stereocenters. The van der Waals surface area contributed by atoms with Crippen molar-refractivity contribution in [3.63, 3.8) is 0 Å². The van der Waals surface area contributed by atoms with E-state index in [4.69, 9.17) is 0 Å². The Hall–Kier alpha value is -2.70. The van der Waals surface area contributed by atoms with Crippen LogP contribution in [0.1, 0.15) is 22.5 Å². The van der Waals surface area contributed by atoms with Crippen LogP contribution in [0.3, 0.4) is 0 Å². The number of pyridine rings is 1. The number of hydrogen-bond acceptors (Lipinski definition) is 5. The van der Waals surface area contributed by atoms with Gasteiger partial charge in [-0.2, -0.15) is 4.98 Å². The molecule has 3 aromatic rings. The van der Waals surface area contributed by atoms with Crippen LogP contribution >= 0.6 is 0 Å². The van der Waals surface area contributed by atoms with Crippen LogP contribution in [0.5, 0.6) is 0 Å². The smallest absolute Gasteiger partial charge is 0.351 e. The van der Waals surface area contributed by atoms with E-state index in [1.54, 1.807) is 11.4 Å². The van der Waals surface area contributed by atoms with Crippen molar-refractivity contribution in [2.45, 2.75) is 26.8 Å². The van der Waals surface area contributed by atoms with E-state index >= 15 is 0 Å². The Bertz CT molecular complexity index is 971. The lowest BCUT2D eigenvalue weighted by Crippen LogP contribution is -2.33. The highest BCUT2D eigenvalue weighted by Gasteiger charge is 2.22. The van der Waals surface area contributed by atoms with E-state index in [1.165, 1.54) is 10.2 Å². The average molecular weight is 310 g/mol. The molecule has 4 heterocycles. The van der Waals surface area contributed by atoms with E-state index in [1.807, 2.05) is 26.1 Å². The third-order valence-corrected chi connectivity index (χ3v) is 4.59. The maximum absolute atomic E-state index is 12.2. The summed E-state index contributed by atoms with van der Waals surface area (Å²) >= 11 is 0. The SMILES string of the molecule is Cc1c(N2CCc3ncccc3C2)nc2nn(C)c(=O)n2c1C. The van der Waals surface area contributed by atoms with E-state index in [-0.39, 0.29) is 5.69 Å². The van der Waals surface area contributed by atoms with Crippen molar-refractivity contribution in [2.24, 2.45) is 7.05 Å². The first-order valence-electron chi connectivity index (χ1n) is 7.67. The fourth-order valence-corrected chi connectivity index (χ4v) is 3.18. The zero-order chi connectivity index (χ0) is 16.1. The summed E-state index contributed by atoms with van der Waals surface area (Å²) in [6, 6.07) is 4.08. The minimum atomic E-state index is -0.159. The highest BCUT2D eigenvalue weighted by molar-refractivity contribution is 5.54. The van der Waals surface area contributed by atoms with Gasteiger partial charge in [-0.05, 0) is 25.5 Å². The third-order valence-electron chi connectivity index (χ3n) is 4.59. The van der Waals surface area contributed by atoms with Gasteiger partial charge in [0.1, 0.15) is 5.82 Å². The van der Waals surface area contributed by atoms with Crippen molar-refractivity contribution in [2.75, 3.05) is 11.4 Å². The first-order chi connectivity index (χ1) is 11.1. The second-order valence-electron chi connectivity index (χ2n) is 5.97. The Balaban J connectivity index is 1.84. The predicted molar refractivity (Wildman–Crippen MR) is 86.7 cm³/mol. The summed E-state index contributed by atoms with van der Waals surface area (Å²) < 4.78 is 2.90. The number of aryl methyl sites for hydroxylation is 2. The van der Waals surface area contributed by atoms with Crippen molar-refractivity contribution >= 4 is 11.6 Å². The maximum atomic E-state index is 12.2. The molecule has 4 rings (SSSR count). The third kappa shape index (κ3) is 2.03. The van der Waals surface area contributed by atoms with E-state index in [2.05, 4.69) is 26.0 Å². The van der Waals surface area contributed by atoms with Crippen LogP contribution in [0.25, 0.3) is 5.78 Å². The first-order valence-corrected chi connectivity index (χ1v) is 7.67. The lowest BCUT2D eigenvalue weighted by molar-refractivity contribution is 0.698. The van der Waals surface area contributed by atoms with Crippen molar-refractivity contribution in [1.82, 2.24) is 24.1 Å². The van der Waals surface area contributed by atoms with Gasteiger partial charge in [0.25, 0.3) is 5.78 Å². The van der Waals surface area contributed by atoms with Gasteiger partial charge in [-0.3, -0.25) is 4.98 Å². The van der Waals surface area contributed by atoms with Gasteiger partial charge in [-0.15, -0.1) is 5.10 Å². The molecular weight excluding hydrogens is 292 g/mol. The number of fused-ring (bicyclic) bond motifs is 2. The summed E-state index contributed by atoms with van der Waals surface area (Å²) in [7, 11) is 1.65. The highest BCUT2D eigenvalue weighted by Crippen LogP contribution is 2.26. The van der Waals surface area contributed by atoms with Crippen LogP contribution in [0.2, 0.25) is 0 Å². The van der Waals surface area contributed by atoms with Gasteiger partial charge in [-0.25, -0.2) is 13.9 Å². The van der Waals surface area contributed by atoms with Gasteiger partial charge < -0.3 is 4.90 Å². The molecular formula is C16H18N6O. The van der Waals surface area contributed by atoms with Gasteiger partial charge in [0.05, 0.1) is 0 Å². The number of rotatable bonds is 1. The Morgan fingerprint density at radius 2 is 2.09 bits per heavy atom. The van der Waals surface area contributed by atoms with Crippen LogP contribution in [-0.4, -0.2) is 30.7 Å². The van der Waals surface area contributed by atoms with Gasteiger partial charge in [0, 0.05) is 49.7 Å². The zero-order valence-electron chi connectivity index (χ0n) is 13.4. The van der Waals surface area contributed by atoms with Crippen LogP contribution in [0.4, 0.5) is 5.82 Å². The van der Waals surface area contributed by atoms with Gasteiger partial charge in [-0.1, -0.05) is 6.07 Å². The molecule has 7 heteroatoms. The summed E-state index contributed by atoms with van der Waals surface area (Å²) in [4.78, 5) is 23.5. The molecule has 118 valence electrons. The molecule has 7 nitrogen and oxygen atoms in total. The molecule has 0 aromatic carbocycles. The standard InChI is InChI=1S/C16H18N6O/c1-10-11(2)22-15(19-20(3)16(22)23)18-14(10)21-8-6-13-12(9-21)5-4-7-17-13/h4-5,7H,6,8-9H2,1-3H3. The number of anilines is 1. The molecule has 0 fully saturated rings. The van der Waals surface area contributed by atoms with Crippen molar-refractivity contribution < 1.29 is 0 Å². The molecule has 1 aliphatic heterocycles. The molecule has 3 aromatic heterocycles. The second kappa shape index (κ2) is 4.91. The summed E-state index contributed by atoms with van der Waals surface area (Å²) in [5.41, 5.74) is 4.14. The average Bonchev–Trinajstić information content (AvgIpc) is 2.85. The van der Waals surface area contributed by atoms with Crippen LogP contribution in [-0.2, 0) is 20.0 Å². The van der Waals surface area contributed by atoms with Crippen molar-refractivity contribution in [1.29, 1.82) is 0 Å². The fourth-order valence-electron chi connectivity index (χ4n) is 3.18. The number of hydrogen-bond donors (Lipinski definition) is 0. The minimum Gasteiger partial charge on any atom is -0.351 e. The Morgan fingerprint density at radius 3 is 2.91 bits per heavy atom. The van der Waals surface area contributed by atoms with Crippen molar-refractivity contribution in [3.05, 3.63) is 51.3 Å². The zero-order valence-corrected chi connectivity index (χ0v) is 13.4. The molecule has 0 amide bonds. The predicted octanol–water partition coefficient (Wildman–Crippen LogP) is 1.00. The molecule has 0 aliphatic carbocycles. The Labute approximate surface area is 133 Å². The largest absolute Gasteiger partial charge is 0.351 e. The lowest BCUT2D eigenvalue weighted by Gasteiger charge is -2.30. The minimum absolute atomic E-state index is 0.159. The van der Waals surface area contributed by atoms with Crippen LogP contribution < -0.4 is 10.6 Å². The monoisotopic (exact) mass is 310 g/mol. The van der Waals surface area contributed by atoms with Crippen LogP contribution in [0.15, 0.2) is 23.1 Å². The van der Waals surface area contributed by atoms with Crippen molar-refractivity contribution in [3.8, 4) is 0 Å². The molecule has 0 bridgehead atoms. The molecule has 0 unspecified atom stereocenters. The Kier molecular flexibility index (Phi) is 2.97. The van der Waals surface area contributed by atoms with E-state index in [9.17, 15) is 4.79 Å². The summed E-state index contributed by atoms with van der Waals surface area (Å²) in [5, 5.41) is 4.23. The van der Waals surface area contributed by atoms with Crippen LogP contribution in [0, 0.1) is 13.8 Å². The number of nitrogens with zero attached hydrogens (tertiary/aromatic N) is 6. The van der Waals surface area contributed by atoms with E-state index < -0.39 is 0 Å². The summed E-state index contributed by atoms with van der Waals surface area (Å²) in [6.45, 7) is 5.60. The highest BCUT2D eigenvalue weighted by atomic mass is 16.2. The van der Waals surface area contributed by atoms with E-state index in [0.717, 1.165) is 42.3 Å². The van der Waals surface area contributed by atoms with Gasteiger partial charge in [0.2, 0.25) is 0 Å². The molecule has 0 saturated carbocycles. The topological polar surface area (TPSA) is 68.3 Å². The van der Waals surface area contributed by atoms with Gasteiger partial charge >= 0.3 is 5.69 Å². The molecule has 0 radical (unpaired) electrons. The van der Waals surface area contributed by atoms with Gasteiger partial charge in [0.15, 0.2) is 0 Å². The first kappa shape index (κ1) is 13.9. The quantitative estimate of drug-likeness (QED) is 0.671. The number of aromatic nitrogens is 5. The fraction of sp³-hybridized carbons (Fsp3) is 0.375. The second-order valence-corrected chi connectivity index (χ2v) is 5.97. The summed E-state index contributed by atoms with van der Waals surface area (Å²) in [6.07, 6.45) is 2.74. The molecule has 0 N–H and O–H groups in total. The maximum Gasteiger partial charge on any atom is 0.351 e. The molecule has 0 spiro atoms. The molecule has 0 saturated heterocycles. The van der Waals surface area contributed by atoms with E-state index in [0.29, 0.717) is 5.78 Å². The lowest BCUT2D eigenvalue weighted by atomic mass is 10.1. The molecule has 23 heavy (non-hydrogen) atoms.